The molecule has 0 aromatic rings. The molecule has 0 nitrogen and oxygen atoms in total. The summed E-state index contributed by atoms with van der Waals surface area (Å²) in [6.07, 6.45) is 10.1. The van der Waals surface area contributed by atoms with Gasteiger partial charge in [0.1, 0.15) is 0 Å². The van der Waals surface area contributed by atoms with Gasteiger partial charge in [-0.15, -0.1) is 6.42 Å². The zero-order valence-electron chi connectivity index (χ0n) is 6.94. The first-order valence-corrected chi connectivity index (χ1v) is 3.52. The van der Waals surface area contributed by atoms with Crippen LogP contribution in [0.25, 0.3) is 0 Å². The Kier molecular flexibility index (Phi) is 4.41. The molecule has 0 amide bonds. The third kappa shape index (κ3) is 3.14. The fourth-order valence-corrected chi connectivity index (χ4v) is 0.706. The van der Waals surface area contributed by atoms with Gasteiger partial charge in [0.2, 0.25) is 0 Å². The van der Waals surface area contributed by atoms with Gasteiger partial charge < -0.3 is 0 Å². The molecule has 0 spiro atoms. The van der Waals surface area contributed by atoms with Gasteiger partial charge in [-0.25, -0.2) is 0 Å². The number of rotatable bonds is 2. The van der Waals surface area contributed by atoms with Gasteiger partial charge in [0, 0.05) is 0 Å². The summed E-state index contributed by atoms with van der Waals surface area (Å²) in [7, 11) is 0. The minimum atomic E-state index is 1.07. The molecule has 0 radical (unpaired) electrons. The lowest BCUT2D eigenvalue weighted by Gasteiger charge is -1.96. The van der Waals surface area contributed by atoms with E-state index in [0.29, 0.717) is 0 Å². The van der Waals surface area contributed by atoms with Gasteiger partial charge in [0.05, 0.1) is 0 Å². The van der Waals surface area contributed by atoms with Crippen molar-refractivity contribution in [2.75, 3.05) is 0 Å². The van der Waals surface area contributed by atoms with Gasteiger partial charge in [-0.1, -0.05) is 24.5 Å². The molecule has 0 bridgehead atoms. The minimum absolute atomic E-state index is 1.07. The lowest BCUT2D eigenvalue weighted by molar-refractivity contribution is 1.18. The standard InChI is InChI=1S/C10H14/c1-5-7-9(3)10(4)8-6-2/h1,7-8H,6H2,2-4H3/b9-7-,10-8-. The van der Waals surface area contributed by atoms with E-state index >= 15 is 0 Å². The van der Waals surface area contributed by atoms with Crippen LogP contribution in [0, 0.1) is 12.3 Å². The molecule has 54 valence electrons. The number of hydrogen-bond donors (Lipinski definition) is 0. The molecule has 0 aliphatic heterocycles. The SMILES string of the molecule is C#C/C=C(C)\C(C)=C/CC. The van der Waals surface area contributed by atoms with E-state index in [0.717, 1.165) is 6.42 Å². The van der Waals surface area contributed by atoms with Gasteiger partial charge in [-0.05, 0) is 31.9 Å². The Balaban J connectivity index is 4.24. The zero-order chi connectivity index (χ0) is 7.98. The summed E-state index contributed by atoms with van der Waals surface area (Å²) in [5.41, 5.74) is 2.46. The van der Waals surface area contributed by atoms with E-state index < -0.39 is 0 Å². The summed E-state index contributed by atoms with van der Waals surface area (Å²) < 4.78 is 0. The van der Waals surface area contributed by atoms with Crippen LogP contribution in [0.15, 0.2) is 23.3 Å². The first-order valence-electron chi connectivity index (χ1n) is 3.52. The molecular formula is C10H14. The fourth-order valence-electron chi connectivity index (χ4n) is 0.706. The fraction of sp³-hybridized carbons (Fsp3) is 0.400. The van der Waals surface area contributed by atoms with Crippen LogP contribution in [0.3, 0.4) is 0 Å². The van der Waals surface area contributed by atoms with E-state index in [4.69, 9.17) is 6.42 Å². The second kappa shape index (κ2) is 4.88. The summed E-state index contributed by atoms with van der Waals surface area (Å²) >= 11 is 0. The Labute approximate surface area is 63.6 Å². The van der Waals surface area contributed by atoms with Crippen LogP contribution in [0.2, 0.25) is 0 Å². The van der Waals surface area contributed by atoms with Crippen molar-refractivity contribution in [1.29, 1.82) is 0 Å². The Morgan fingerprint density at radius 2 is 2.00 bits per heavy atom. The predicted octanol–water partition coefficient (Wildman–Crippen LogP) is 2.92. The van der Waals surface area contributed by atoms with Gasteiger partial charge in [0.15, 0.2) is 0 Å². The quantitative estimate of drug-likeness (QED) is 0.402. The van der Waals surface area contributed by atoms with Crippen LogP contribution in [0.4, 0.5) is 0 Å². The van der Waals surface area contributed by atoms with Crippen LogP contribution in [-0.4, -0.2) is 0 Å². The van der Waals surface area contributed by atoms with Gasteiger partial charge in [-0.2, -0.15) is 0 Å². The van der Waals surface area contributed by atoms with E-state index in [1.165, 1.54) is 11.1 Å². The van der Waals surface area contributed by atoms with Crippen LogP contribution >= 0.6 is 0 Å². The Morgan fingerprint density at radius 3 is 2.40 bits per heavy atom. The molecule has 0 heterocycles. The lowest BCUT2D eigenvalue weighted by atomic mass is 10.1. The molecular weight excluding hydrogens is 120 g/mol. The molecule has 0 fully saturated rings. The molecule has 0 saturated heterocycles. The summed E-state index contributed by atoms with van der Waals surface area (Å²) in [6, 6.07) is 0. The van der Waals surface area contributed by atoms with Crippen LogP contribution in [-0.2, 0) is 0 Å². The Morgan fingerprint density at radius 1 is 1.40 bits per heavy atom. The van der Waals surface area contributed by atoms with E-state index in [2.05, 4.69) is 25.8 Å². The topological polar surface area (TPSA) is 0 Å². The first kappa shape index (κ1) is 9.04. The highest BCUT2D eigenvalue weighted by Crippen LogP contribution is 2.07. The maximum absolute atomic E-state index is 5.11. The van der Waals surface area contributed by atoms with E-state index in [9.17, 15) is 0 Å². The average Bonchev–Trinajstić information content (AvgIpc) is 1.89. The summed E-state index contributed by atoms with van der Waals surface area (Å²) in [5.74, 6) is 2.50. The third-order valence-electron chi connectivity index (χ3n) is 1.43. The maximum atomic E-state index is 5.11. The van der Waals surface area contributed by atoms with Crippen molar-refractivity contribution in [3.63, 3.8) is 0 Å². The minimum Gasteiger partial charge on any atom is -0.115 e. The largest absolute Gasteiger partial charge is 0.115 e. The second-order valence-electron chi connectivity index (χ2n) is 2.29. The molecule has 0 N–H and O–H groups in total. The third-order valence-corrected chi connectivity index (χ3v) is 1.43. The van der Waals surface area contributed by atoms with Crippen molar-refractivity contribution >= 4 is 0 Å². The van der Waals surface area contributed by atoms with Crippen LogP contribution in [0.5, 0.6) is 0 Å². The number of hydrogen-bond acceptors (Lipinski definition) is 0. The van der Waals surface area contributed by atoms with Crippen molar-refractivity contribution in [3.05, 3.63) is 23.3 Å². The molecule has 0 unspecified atom stereocenters. The first-order chi connectivity index (χ1) is 4.72. The smallest absolute Gasteiger partial charge is 0.00898 e. The van der Waals surface area contributed by atoms with Crippen molar-refractivity contribution in [3.8, 4) is 12.3 Å². The second-order valence-corrected chi connectivity index (χ2v) is 2.29. The van der Waals surface area contributed by atoms with Crippen molar-refractivity contribution < 1.29 is 0 Å². The summed E-state index contributed by atoms with van der Waals surface area (Å²) in [5, 5.41) is 0. The van der Waals surface area contributed by atoms with E-state index in [1.54, 1.807) is 6.08 Å². The highest BCUT2D eigenvalue weighted by Gasteiger charge is 1.87. The monoisotopic (exact) mass is 134 g/mol. The van der Waals surface area contributed by atoms with Crippen molar-refractivity contribution in [2.45, 2.75) is 27.2 Å². The van der Waals surface area contributed by atoms with Gasteiger partial charge >= 0.3 is 0 Å². The summed E-state index contributed by atoms with van der Waals surface area (Å²) in [6.45, 7) is 6.22. The highest BCUT2D eigenvalue weighted by molar-refractivity contribution is 5.32. The lowest BCUT2D eigenvalue weighted by Crippen LogP contribution is -1.77. The normalized spacial score (nSPS) is 13.0. The van der Waals surface area contributed by atoms with Crippen molar-refractivity contribution in [1.82, 2.24) is 0 Å². The van der Waals surface area contributed by atoms with Gasteiger partial charge in [-0.3, -0.25) is 0 Å². The van der Waals surface area contributed by atoms with Gasteiger partial charge in [0.25, 0.3) is 0 Å². The Hall–Kier alpha value is -0.960. The number of allylic oxidation sites excluding steroid dienone is 4. The maximum Gasteiger partial charge on any atom is -0.00898 e. The van der Waals surface area contributed by atoms with E-state index in [1.807, 2.05) is 6.92 Å². The molecule has 0 aromatic carbocycles. The number of terminal acetylenes is 1. The van der Waals surface area contributed by atoms with Crippen LogP contribution < -0.4 is 0 Å². The predicted molar refractivity (Wildman–Crippen MR) is 46.6 cm³/mol. The van der Waals surface area contributed by atoms with E-state index in [-0.39, 0.29) is 0 Å². The highest BCUT2D eigenvalue weighted by atomic mass is 13.9. The molecule has 0 aliphatic carbocycles. The summed E-state index contributed by atoms with van der Waals surface area (Å²) in [4.78, 5) is 0. The molecule has 10 heavy (non-hydrogen) atoms. The average molecular weight is 134 g/mol. The van der Waals surface area contributed by atoms with Crippen LogP contribution in [0.1, 0.15) is 27.2 Å². The molecule has 0 saturated carbocycles. The molecule has 0 rings (SSSR count). The molecule has 0 aromatic heterocycles. The molecule has 0 aliphatic rings. The molecule has 0 heteroatoms. The Bertz CT molecular complexity index is 187. The van der Waals surface area contributed by atoms with Crippen molar-refractivity contribution in [2.24, 2.45) is 0 Å². The zero-order valence-corrected chi connectivity index (χ0v) is 6.94. The molecule has 0 atom stereocenters.